The minimum absolute atomic E-state index is 0.0675. The van der Waals surface area contributed by atoms with Crippen LogP contribution < -0.4 is 9.47 Å². The van der Waals surface area contributed by atoms with Gasteiger partial charge in [-0.2, -0.15) is 4.39 Å². The van der Waals surface area contributed by atoms with Crippen LogP contribution >= 0.6 is 0 Å². The Kier molecular flexibility index (Phi) is 1.95. The zero-order valence-corrected chi connectivity index (χ0v) is 6.97. The number of ether oxygens (including phenoxy) is 2. The number of nitro benzene ring substituents is 1. The first-order valence-electron chi connectivity index (χ1n) is 3.89. The predicted molar refractivity (Wildman–Crippen MR) is 44.1 cm³/mol. The van der Waals surface area contributed by atoms with E-state index in [1.807, 2.05) is 0 Å². The number of nitro groups is 1. The molecule has 0 bridgehead atoms. The zero-order chi connectivity index (χ0) is 10.1. The van der Waals surface area contributed by atoms with Crippen LogP contribution in [-0.2, 0) is 0 Å². The van der Waals surface area contributed by atoms with E-state index in [9.17, 15) is 14.5 Å². The van der Waals surface area contributed by atoms with Gasteiger partial charge < -0.3 is 9.47 Å². The molecule has 0 amide bonds. The van der Waals surface area contributed by atoms with Gasteiger partial charge in [0.05, 0.1) is 11.0 Å². The fourth-order valence-corrected chi connectivity index (χ4v) is 1.15. The maximum atomic E-state index is 12.7. The zero-order valence-electron chi connectivity index (χ0n) is 6.97. The SMILES string of the molecule is O=[N+]([O-])c1ccc2c(c1)OC(F)CO2. The maximum absolute atomic E-state index is 12.7. The minimum atomic E-state index is -1.57. The Labute approximate surface area is 78.2 Å². The summed E-state index contributed by atoms with van der Waals surface area (Å²) < 4.78 is 22.4. The topological polar surface area (TPSA) is 61.6 Å². The van der Waals surface area contributed by atoms with Gasteiger partial charge in [0, 0.05) is 6.07 Å². The molecule has 2 rings (SSSR count). The van der Waals surface area contributed by atoms with Crippen molar-refractivity contribution in [3.8, 4) is 11.5 Å². The smallest absolute Gasteiger partial charge is 0.273 e. The maximum Gasteiger partial charge on any atom is 0.273 e. The van der Waals surface area contributed by atoms with Crippen LogP contribution in [0.2, 0.25) is 0 Å². The fourth-order valence-electron chi connectivity index (χ4n) is 1.15. The summed E-state index contributed by atoms with van der Waals surface area (Å²) in [6, 6.07) is 3.81. The number of hydrogen-bond donors (Lipinski definition) is 0. The summed E-state index contributed by atoms with van der Waals surface area (Å²) in [4.78, 5) is 9.81. The van der Waals surface area contributed by atoms with Crippen molar-refractivity contribution in [3.63, 3.8) is 0 Å². The second-order valence-corrected chi connectivity index (χ2v) is 2.73. The van der Waals surface area contributed by atoms with E-state index in [0.717, 1.165) is 6.07 Å². The number of rotatable bonds is 1. The quantitative estimate of drug-likeness (QED) is 0.509. The molecule has 1 aromatic rings. The van der Waals surface area contributed by atoms with Crippen LogP contribution in [0.25, 0.3) is 0 Å². The summed E-state index contributed by atoms with van der Waals surface area (Å²) in [7, 11) is 0. The largest absolute Gasteiger partial charge is 0.483 e. The molecule has 0 saturated carbocycles. The van der Waals surface area contributed by atoms with Gasteiger partial charge in [-0.05, 0) is 6.07 Å². The third-order valence-corrected chi connectivity index (χ3v) is 1.76. The van der Waals surface area contributed by atoms with Crippen LogP contribution in [0, 0.1) is 10.1 Å². The Hall–Kier alpha value is -1.85. The molecule has 74 valence electrons. The summed E-state index contributed by atoms with van der Waals surface area (Å²) in [6.45, 7) is -0.190. The lowest BCUT2D eigenvalue weighted by Gasteiger charge is -2.20. The lowest BCUT2D eigenvalue weighted by Crippen LogP contribution is -2.24. The molecule has 1 aliphatic heterocycles. The average Bonchev–Trinajstić information content (AvgIpc) is 2.16. The van der Waals surface area contributed by atoms with Crippen LogP contribution in [0.3, 0.4) is 0 Å². The predicted octanol–water partition coefficient (Wildman–Crippen LogP) is 1.66. The van der Waals surface area contributed by atoms with Gasteiger partial charge >= 0.3 is 0 Å². The molecular formula is C8H6FNO4. The van der Waals surface area contributed by atoms with Crippen LogP contribution in [0.4, 0.5) is 10.1 Å². The van der Waals surface area contributed by atoms with Gasteiger partial charge in [-0.1, -0.05) is 0 Å². The van der Waals surface area contributed by atoms with Crippen molar-refractivity contribution in [2.45, 2.75) is 6.36 Å². The second-order valence-electron chi connectivity index (χ2n) is 2.73. The van der Waals surface area contributed by atoms with Crippen LogP contribution in [0.1, 0.15) is 0 Å². The van der Waals surface area contributed by atoms with Gasteiger partial charge in [0.2, 0.25) is 0 Å². The van der Waals surface area contributed by atoms with Crippen LogP contribution in [-0.4, -0.2) is 17.9 Å². The van der Waals surface area contributed by atoms with Gasteiger partial charge in [0.1, 0.15) is 0 Å². The third-order valence-electron chi connectivity index (χ3n) is 1.76. The van der Waals surface area contributed by atoms with Gasteiger partial charge in [-0.25, -0.2) is 0 Å². The highest BCUT2D eigenvalue weighted by atomic mass is 19.1. The number of non-ortho nitro benzene ring substituents is 1. The Bertz CT molecular complexity index is 382. The van der Waals surface area contributed by atoms with Gasteiger partial charge in [0.15, 0.2) is 18.1 Å². The third kappa shape index (κ3) is 1.46. The molecule has 14 heavy (non-hydrogen) atoms. The van der Waals surface area contributed by atoms with Crippen molar-refractivity contribution in [2.24, 2.45) is 0 Å². The van der Waals surface area contributed by atoms with E-state index in [4.69, 9.17) is 9.47 Å². The molecule has 6 heteroatoms. The average molecular weight is 199 g/mol. The van der Waals surface area contributed by atoms with Crippen molar-refractivity contribution in [1.29, 1.82) is 0 Å². The number of fused-ring (bicyclic) bond motifs is 1. The molecule has 0 spiro atoms. The van der Waals surface area contributed by atoms with E-state index in [-0.39, 0.29) is 18.0 Å². The van der Waals surface area contributed by atoms with E-state index in [2.05, 4.69) is 0 Å². The highest BCUT2D eigenvalue weighted by Crippen LogP contribution is 2.34. The molecule has 1 aromatic carbocycles. The molecule has 0 N–H and O–H groups in total. The summed E-state index contributed by atoms with van der Waals surface area (Å²) in [5.41, 5.74) is -0.151. The highest BCUT2D eigenvalue weighted by Gasteiger charge is 2.22. The normalized spacial score (nSPS) is 19.1. The van der Waals surface area contributed by atoms with Crippen molar-refractivity contribution in [2.75, 3.05) is 6.61 Å². The van der Waals surface area contributed by atoms with Crippen molar-refractivity contribution >= 4 is 5.69 Å². The summed E-state index contributed by atoms with van der Waals surface area (Å²) in [5.74, 6) is 0.391. The van der Waals surface area contributed by atoms with Gasteiger partial charge in [-0.15, -0.1) is 0 Å². The fraction of sp³-hybridized carbons (Fsp3) is 0.250. The minimum Gasteiger partial charge on any atom is -0.483 e. The number of hydrogen-bond acceptors (Lipinski definition) is 4. The number of benzene rings is 1. The van der Waals surface area contributed by atoms with E-state index in [1.165, 1.54) is 12.1 Å². The van der Waals surface area contributed by atoms with E-state index < -0.39 is 11.3 Å². The standard InChI is InChI=1S/C8H6FNO4/c9-8-4-13-6-2-1-5(10(11)12)3-7(6)14-8/h1-3,8H,4H2. The lowest BCUT2D eigenvalue weighted by molar-refractivity contribution is -0.385. The lowest BCUT2D eigenvalue weighted by atomic mass is 10.2. The molecule has 5 nitrogen and oxygen atoms in total. The van der Waals surface area contributed by atoms with E-state index in [1.54, 1.807) is 0 Å². The van der Waals surface area contributed by atoms with Crippen molar-refractivity contribution < 1.29 is 18.8 Å². The van der Waals surface area contributed by atoms with E-state index in [0.29, 0.717) is 5.75 Å². The first-order valence-corrected chi connectivity index (χ1v) is 3.89. The monoisotopic (exact) mass is 199 g/mol. The molecule has 1 heterocycles. The number of nitrogens with zero attached hydrogens (tertiary/aromatic N) is 1. The second kappa shape index (κ2) is 3.13. The first kappa shape index (κ1) is 8.74. The molecule has 1 unspecified atom stereocenters. The Morgan fingerprint density at radius 1 is 1.50 bits per heavy atom. The molecule has 0 radical (unpaired) electrons. The molecule has 1 aliphatic rings. The molecule has 0 saturated heterocycles. The Balaban J connectivity index is 2.37. The molecule has 0 fully saturated rings. The van der Waals surface area contributed by atoms with Crippen molar-refractivity contribution in [1.82, 2.24) is 0 Å². The van der Waals surface area contributed by atoms with Gasteiger partial charge in [0.25, 0.3) is 12.0 Å². The Morgan fingerprint density at radius 2 is 2.29 bits per heavy atom. The van der Waals surface area contributed by atoms with Gasteiger partial charge in [-0.3, -0.25) is 10.1 Å². The molecule has 0 aliphatic carbocycles. The molecule has 0 aromatic heterocycles. The summed E-state index contributed by atoms with van der Waals surface area (Å²) in [5, 5.41) is 10.4. The highest BCUT2D eigenvalue weighted by molar-refractivity contribution is 5.49. The number of halogens is 1. The number of alkyl halides is 1. The van der Waals surface area contributed by atoms with Crippen LogP contribution in [0.5, 0.6) is 11.5 Å². The van der Waals surface area contributed by atoms with Crippen LogP contribution in [0.15, 0.2) is 18.2 Å². The molecule has 1 atom stereocenters. The summed E-state index contributed by atoms with van der Waals surface area (Å²) in [6.07, 6.45) is -1.57. The molecular weight excluding hydrogens is 193 g/mol. The van der Waals surface area contributed by atoms with Crippen molar-refractivity contribution in [3.05, 3.63) is 28.3 Å². The Morgan fingerprint density at radius 3 is 3.00 bits per heavy atom. The summed E-state index contributed by atoms with van der Waals surface area (Å²) >= 11 is 0. The van der Waals surface area contributed by atoms with E-state index >= 15 is 0 Å². The first-order chi connectivity index (χ1) is 6.66.